The molecule has 1 saturated carbocycles. The molecule has 1 N–H and O–H groups in total. The minimum Gasteiger partial charge on any atom is -0.465 e. The van der Waals surface area contributed by atoms with Crippen molar-refractivity contribution in [2.75, 3.05) is 30.9 Å². The maximum atomic E-state index is 12.2. The van der Waals surface area contributed by atoms with Gasteiger partial charge in [0.2, 0.25) is 5.91 Å². The van der Waals surface area contributed by atoms with Crippen LogP contribution in [0.1, 0.15) is 23.2 Å². The van der Waals surface area contributed by atoms with E-state index in [0.29, 0.717) is 11.3 Å². The first kappa shape index (κ1) is 12.0. The molecule has 2 aliphatic rings. The zero-order valence-corrected chi connectivity index (χ0v) is 11.0. The van der Waals surface area contributed by atoms with Crippen LogP contribution in [-0.2, 0) is 9.53 Å². The predicted molar refractivity (Wildman–Crippen MR) is 71.3 cm³/mol. The van der Waals surface area contributed by atoms with E-state index in [1.807, 2.05) is 13.1 Å². The van der Waals surface area contributed by atoms with Crippen LogP contribution in [0.5, 0.6) is 0 Å². The van der Waals surface area contributed by atoms with E-state index in [-0.39, 0.29) is 11.3 Å². The van der Waals surface area contributed by atoms with Crippen LogP contribution in [0.2, 0.25) is 0 Å². The number of carbonyl (C=O) groups excluding carboxylic acids is 2. The summed E-state index contributed by atoms with van der Waals surface area (Å²) in [4.78, 5) is 25.8. The number of nitrogens with one attached hydrogen (secondary N) is 1. The van der Waals surface area contributed by atoms with Gasteiger partial charge < -0.3 is 15.0 Å². The standard InChI is InChI=1S/C14H16N2O3/c1-16-8-14(5-6-14)13(18)15-10-7-9(12(17)19-2)3-4-11(10)16/h3-4,7H,5-6,8H2,1-2H3,(H,15,18). The number of rotatable bonds is 1. The molecule has 0 aromatic heterocycles. The average Bonchev–Trinajstić information content (AvgIpc) is 3.18. The highest BCUT2D eigenvalue weighted by Crippen LogP contribution is 2.50. The Morgan fingerprint density at radius 1 is 1.42 bits per heavy atom. The SMILES string of the molecule is COC(=O)c1ccc2c(c1)NC(=O)C1(CC1)CN2C. The third-order valence-corrected chi connectivity index (χ3v) is 3.95. The van der Waals surface area contributed by atoms with Crippen molar-refractivity contribution in [3.05, 3.63) is 23.8 Å². The van der Waals surface area contributed by atoms with Crippen LogP contribution in [0, 0.1) is 5.41 Å². The molecule has 1 spiro atoms. The zero-order chi connectivity index (χ0) is 13.6. The fraction of sp³-hybridized carbons (Fsp3) is 0.429. The Bertz CT molecular complexity index is 564. The van der Waals surface area contributed by atoms with Crippen molar-refractivity contribution >= 4 is 23.3 Å². The Balaban J connectivity index is 2.01. The molecule has 0 atom stereocenters. The van der Waals surface area contributed by atoms with Crippen molar-refractivity contribution in [2.45, 2.75) is 12.8 Å². The van der Waals surface area contributed by atoms with E-state index in [0.717, 1.165) is 25.1 Å². The van der Waals surface area contributed by atoms with E-state index < -0.39 is 5.97 Å². The number of hydrogen-bond donors (Lipinski definition) is 1. The van der Waals surface area contributed by atoms with Crippen molar-refractivity contribution in [2.24, 2.45) is 5.41 Å². The number of carbonyl (C=O) groups is 2. The van der Waals surface area contributed by atoms with Gasteiger partial charge in [-0.05, 0) is 31.0 Å². The van der Waals surface area contributed by atoms with Crippen molar-refractivity contribution in [1.82, 2.24) is 0 Å². The maximum Gasteiger partial charge on any atom is 0.337 e. The summed E-state index contributed by atoms with van der Waals surface area (Å²) in [6, 6.07) is 5.25. The molecule has 5 heteroatoms. The first-order chi connectivity index (χ1) is 9.05. The van der Waals surface area contributed by atoms with Gasteiger partial charge in [0.1, 0.15) is 0 Å². The number of amides is 1. The summed E-state index contributed by atoms with van der Waals surface area (Å²) < 4.78 is 4.70. The van der Waals surface area contributed by atoms with Gasteiger partial charge in [-0.15, -0.1) is 0 Å². The molecule has 0 unspecified atom stereocenters. The molecule has 1 amide bonds. The molecule has 3 rings (SSSR count). The number of ether oxygens (including phenoxy) is 1. The van der Waals surface area contributed by atoms with Crippen molar-refractivity contribution in [3.8, 4) is 0 Å². The lowest BCUT2D eigenvalue weighted by atomic mass is 10.1. The lowest BCUT2D eigenvalue weighted by Crippen LogP contribution is -2.31. The topological polar surface area (TPSA) is 58.6 Å². The first-order valence-corrected chi connectivity index (χ1v) is 6.31. The second-order valence-corrected chi connectivity index (χ2v) is 5.31. The van der Waals surface area contributed by atoms with E-state index >= 15 is 0 Å². The lowest BCUT2D eigenvalue weighted by Gasteiger charge is -2.21. The van der Waals surface area contributed by atoms with Crippen LogP contribution in [-0.4, -0.2) is 32.6 Å². The van der Waals surface area contributed by atoms with Gasteiger partial charge in [0, 0.05) is 13.6 Å². The third kappa shape index (κ3) is 1.85. The van der Waals surface area contributed by atoms with Crippen LogP contribution in [0.15, 0.2) is 18.2 Å². The summed E-state index contributed by atoms with van der Waals surface area (Å²) in [5.41, 5.74) is 1.82. The average molecular weight is 260 g/mol. The Morgan fingerprint density at radius 2 is 2.16 bits per heavy atom. The maximum absolute atomic E-state index is 12.2. The van der Waals surface area contributed by atoms with Gasteiger partial charge in [-0.2, -0.15) is 0 Å². The number of methoxy groups -OCH3 is 1. The summed E-state index contributed by atoms with van der Waals surface area (Å²) >= 11 is 0. The first-order valence-electron chi connectivity index (χ1n) is 6.31. The number of esters is 1. The Hall–Kier alpha value is -2.04. The second kappa shape index (κ2) is 3.98. The zero-order valence-electron chi connectivity index (χ0n) is 11.0. The Kier molecular flexibility index (Phi) is 2.52. The minimum atomic E-state index is -0.398. The van der Waals surface area contributed by atoms with Crippen molar-refractivity contribution in [3.63, 3.8) is 0 Å². The van der Waals surface area contributed by atoms with Gasteiger partial charge in [0.25, 0.3) is 0 Å². The molecule has 5 nitrogen and oxygen atoms in total. The summed E-state index contributed by atoms with van der Waals surface area (Å²) in [7, 11) is 3.31. The number of nitrogens with zero attached hydrogens (tertiary/aromatic N) is 1. The van der Waals surface area contributed by atoms with Crippen LogP contribution >= 0.6 is 0 Å². The highest BCUT2D eigenvalue weighted by molar-refractivity contribution is 6.03. The van der Waals surface area contributed by atoms with E-state index in [9.17, 15) is 9.59 Å². The predicted octanol–water partition coefficient (Wildman–Crippen LogP) is 1.64. The molecule has 1 aromatic carbocycles. The summed E-state index contributed by atoms with van der Waals surface area (Å²) in [5.74, 6) is -0.342. The molecule has 0 radical (unpaired) electrons. The molecule has 0 bridgehead atoms. The van der Waals surface area contributed by atoms with Crippen molar-refractivity contribution in [1.29, 1.82) is 0 Å². The summed E-state index contributed by atoms with van der Waals surface area (Å²) in [6.07, 6.45) is 1.86. The molecule has 19 heavy (non-hydrogen) atoms. The van der Waals surface area contributed by atoms with Gasteiger partial charge in [-0.1, -0.05) is 0 Å². The highest BCUT2D eigenvalue weighted by atomic mass is 16.5. The molecule has 1 aliphatic heterocycles. The number of fused-ring (bicyclic) bond motifs is 1. The van der Waals surface area contributed by atoms with E-state index in [1.54, 1.807) is 12.1 Å². The fourth-order valence-corrected chi connectivity index (χ4v) is 2.62. The lowest BCUT2D eigenvalue weighted by molar-refractivity contribution is -0.120. The van der Waals surface area contributed by atoms with Crippen molar-refractivity contribution < 1.29 is 14.3 Å². The Morgan fingerprint density at radius 3 is 2.79 bits per heavy atom. The van der Waals surface area contributed by atoms with Gasteiger partial charge in [-0.3, -0.25) is 4.79 Å². The molecule has 1 aromatic rings. The minimum absolute atomic E-state index is 0.0557. The van der Waals surface area contributed by atoms with E-state index in [2.05, 4.69) is 10.2 Å². The molecular weight excluding hydrogens is 244 g/mol. The van der Waals surface area contributed by atoms with Gasteiger partial charge >= 0.3 is 5.97 Å². The number of hydrogen-bond acceptors (Lipinski definition) is 4. The molecule has 1 aliphatic carbocycles. The number of benzene rings is 1. The van der Waals surface area contributed by atoms with Crippen LogP contribution in [0.25, 0.3) is 0 Å². The molecule has 100 valence electrons. The van der Waals surface area contributed by atoms with Crippen LogP contribution in [0.4, 0.5) is 11.4 Å². The quantitative estimate of drug-likeness (QED) is 0.780. The van der Waals surface area contributed by atoms with E-state index in [4.69, 9.17) is 4.74 Å². The largest absolute Gasteiger partial charge is 0.465 e. The normalized spacial score (nSPS) is 19.5. The smallest absolute Gasteiger partial charge is 0.337 e. The van der Waals surface area contributed by atoms with Gasteiger partial charge in [-0.25, -0.2) is 4.79 Å². The highest BCUT2D eigenvalue weighted by Gasteiger charge is 2.52. The third-order valence-electron chi connectivity index (χ3n) is 3.95. The molecule has 1 fully saturated rings. The molecule has 0 saturated heterocycles. The number of anilines is 2. The molecule has 1 heterocycles. The fourth-order valence-electron chi connectivity index (χ4n) is 2.62. The monoisotopic (exact) mass is 260 g/mol. The van der Waals surface area contributed by atoms with Gasteiger partial charge in [0.15, 0.2) is 0 Å². The summed E-state index contributed by atoms with van der Waals surface area (Å²) in [6.45, 7) is 0.726. The van der Waals surface area contributed by atoms with Crippen LogP contribution in [0.3, 0.4) is 0 Å². The van der Waals surface area contributed by atoms with Crippen LogP contribution < -0.4 is 10.2 Å². The molecular formula is C14H16N2O3. The second-order valence-electron chi connectivity index (χ2n) is 5.31. The summed E-state index contributed by atoms with van der Waals surface area (Å²) in [5, 5.41) is 2.94. The van der Waals surface area contributed by atoms with Gasteiger partial charge in [0.05, 0.1) is 29.5 Å². The Labute approximate surface area is 111 Å². The van der Waals surface area contributed by atoms with E-state index in [1.165, 1.54) is 7.11 Å².